The van der Waals surface area contributed by atoms with E-state index in [0.29, 0.717) is 5.56 Å². The van der Waals surface area contributed by atoms with Gasteiger partial charge < -0.3 is 74.3 Å². The van der Waals surface area contributed by atoms with E-state index in [0.717, 1.165) is 35.3 Å². The molecule has 23 heteroatoms. The lowest BCUT2D eigenvalue weighted by molar-refractivity contribution is -0.140. The van der Waals surface area contributed by atoms with Crippen LogP contribution in [0.4, 0.5) is 0 Å². The van der Waals surface area contributed by atoms with Crippen LogP contribution >= 0.6 is 0 Å². The Hall–Kier alpha value is -6.92. The van der Waals surface area contributed by atoms with Crippen LogP contribution in [0.15, 0.2) is 72.8 Å². The number of nitrogens with zero attached hydrogens (tertiary/aromatic N) is 1. The smallest absolute Gasteiger partial charge is 0.472 e. The molecule has 0 spiro atoms. The molecule has 3 aromatic carbocycles. The number of nitrogens with two attached hydrogens (primary N) is 3. The maximum absolute atomic E-state index is 13.6. The van der Waals surface area contributed by atoms with Gasteiger partial charge >= 0.3 is 7.12 Å². The van der Waals surface area contributed by atoms with E-state index in [1.165, 1.54) is 36.9 Å². The molecule has 0 heterocycles. The van der Waals surface area contributed by atoms with E-state index in [4.69, 9.17) is 27.2 Å². The van der Waals surface area contributed by atoms with Crippen LogP contribution in [0.5, 0.6) is 5.75 Å². The largest absolute Gasteiger partial charge is 0.508 e. The van der Waals surface area contributed by atoms with Crippen molar-refractivity contribution in [2.45, 2.75) is 69.5 Å². The molecular formula is C41H55BN10O12. The van der Waals surface area contributed by atoms with Crippen LogP contribution in [0.2, 0.25) is 0 Å². The normalized spacial score (nSPS) is 13.1. The standard InChI is InChI=1S/C41H55BN10O12/c1-3-4-5-23-6-10-25(11-7-23)26-12-14-27(15-13-26)36(57)49-30(21-53)38(59)50-34(44)40(61)46-20-33(56)52(2)31(18-24-8-16-28(54)17-9-24)39(60)51-35(45)41(62)48-29(19-32(43)55)37(58)47-22-42(63)64/h6-17,29-31,34-35,53-54,63-64H,3-5,18-22,44-45H2,1-2H3,(H2,43,55)(H,46,61)(H,47,58)(H,48,62)(H,49,57)(H,50,59)(H,51,60)/t29-,30+,31-,34-,35+/m0/s1. The molecule has 3 aromatic rings. The van der Waals surface area contributed by atoms with Crippen LogP contribution in [0.25, 0.3) is 11.1 Å². The number of carbonyl (C=O) groups excluding carboxylic acids is 8. The third kappa shape index (κ3) is 16.4. The highest BCUT2D eigenvalue weighted by Gasteiger charge is 2.32. The van der Waals surface area contributed by atoms with Crippen LogP contribution in [0, 0.1) is 0 Å². The number of aromatic hydroxyl groups is 1. The van der Waals surface area contributed by atoms with Crippen molar-refractivity contribution in [1.82, 2.24) is 36.8 Å². The van der Waals surface area contributed by atoms with Gasteiger partial charge in [0, 0.05) is 19.0 Å². The molecule has 0 aliphatic heterocycles. The number of benzene rings is 3. The molecule has 344 valence electrons. The predicted molar refractivity (Wildman–Crippen MR) is 231 cm³/mol. The summed E-state index contributed by atoms with van der Waals surface area (Å²) in [4.78, 5) is 103. The van der Waals surface area contributed by atoms with E-state index in [1.807, 2.05) is 12.1 Å². The van der Waals surface area contributed by atoms with Crippen LogP contribution < -0.4 is 49.1 Å². The Morgan fingerprint density at radius 3 is 1.81 bits per heavy atom. The zero-order valence-corrected chi connectivity index (χ0v) is 35.3. The first-order chi connectivity index (χ1) is 30.3. The van der Waals surface area contributed by atoms with Crippen molar-refractivity contribution in [2.24, 2.45) is 17.2 Å². The van der Waals surface area contributed by atoms with E-state index in [-0.39, 0.29) is 17.7 Å². The highest BCUT2D eigenvalue weighted by Crippen LogP contribution is 2.21. The molecule has 64 heavy (non-hydrogen) atoms. The molecule has 22 nitrogen and oxygen atoms in total. The van der Waals surface area contributed by atoms with Gasteiger partial charge in [-0.25, -0.2) is 0 Å². The number of phenolic OH excluding ortho intramolecular Hbond substituents is 1. The zero-order chi connectivity index (χ0) is 47.5. The minimum Gasteiger partial charge on any atom is -0.508 e. The first-order valence-corrected chi connectivity index (χ1v) is 20.1. The average molecular weight is 891 g/mol. The number of hydrogen-bond acceptors (Lipinski definition) is 14. The van der Waals surface area contributed by atoms with Crippen molar-refractivity contribution in [1.29, 1.82) is 0 Å². The summed E-state index contributed by atoms with van der Waals surface area (Å²) in [5.41, 5.74) is 20.6. The molecule has 0 saturated heterocycles. The number of aliphatic hydroxyl groups excluding tert-OH is 1. The van der Waals surface area contributed by atoms with E-state index < -0.39 is 111 Å². The quantitative estimate of drug-likeness (QED) is 0.0301. The molecule has 8 amide bonds. The number of hydrogen-bond donors (Lipinski definition) is 13. The summed E-state index contributed by atoms with van der Waals surface area (Å²) in [6, 6.07) is 15.7. The number of aliphatic hydroxyl groups is 1. The Morgan fingerprint density at radius 1 is 0.688 bits per heavy atom. The highest BCUT2D eigenvalue weighted by atomic mass is 16.4. The van der Waals surface area contributed by atoms with Crippen molar-refractivity contribution in [3.63, 3.8) is 0 Å². The molecule has 0 bridgehead atoms. The first-order valence-electron chi connectivity index (χ1n) is 20.1. The second-order valence-electron chi connectivity index (χ2n) is 14.6. The summed E-state index contributed by atoms with van der Waals surface area (Å²) in [7, 11) is -0.750. The number of carbonyl (C=O) groups is 8. The summed E-state index contributed by atoms with van der Waals surface area (Å²) < 4.78 is 0. The maximum Gasteiger partial charge on any atom is 0.472 e. The first kappa shape index (κ1) is 51.4. The summed E-state index contributed by atoms with van der Waals surface area (Å²) in [6.45, 7) is 0.506. The van der Waals surface area contributed by atoms with Gasteiger partial charge in [0.05, 0.1) is 26.0 Å². The van der Waals surface area contributed by atoms with Gasteiger partial charge in [-0.15, -0.1) is 0 Å². The molecule has 0 aromatic heterocycles. The van der Waals surface area contributed by atoms with Crippen molar-refractivity contribution < 1.29 is 58.6 Å². The third-order valence-electron chi connectivity index (χ3n) is 9.66. The number of amides is 8. The van der Waals surface area contributed by atoms with Crippen LogP contribution in [0.3, 0.4) is 0 Å². The lowest BCUT2D eigenvalue weighted by Gasteiger charge is -2.29. The molecule has 0 aliphatic carbocycles. The number of unbranched alkanes of at least 4 members (excludes halogenated alkanes) is 1. The van der Waals surface area contributed by atoms with Gasteiger partial charge in [-0.1, -0.05) is 61.9 Å². The Bertz CT molecular complexity index is 2090. The number of nitrogens with one attached hydrogen (secondary N) is 6. The lowest BCUT2D eigenvalue weighted by atomic mass is 9.92. The number of phenols is 1. The zero-order valence-electron chi connectivity index (χ0n) is 35.3. The van der Waals surface area contributed by atoms with Crippen LogP contribution in [-0.2, 0) is 46.4 Å². The van der Waals surface area contributed by atoms with Gasteiger partial charge in [-0.3, -0.25) is 38.4 Å². The van der Waals surface area contributed by atoms with Crippen LogP contribution in [-0.4, -0.2) is 137 Å². The second kappa shape index (κ2) is 25.3. The lowest BCUT2D eigenvalue weighted by Crippen LogP contribution is -2.61. The molecule has 0 saturated carbocycles. The van der Waals surface area contributed by atoms with Gasteiger partial charge in [-0.05, 0) is 59.4 Å². The Labute approximate surface area is 368 Å². The Kier molecular flexibility index (Phi) is 20.3. The SMILES string of the molecule is CCCCc1ccc(-c2ccc(C(=O)N[C@H](CO)C(=O)N[C@H](N)C(=O)NCC(=O)N(C)[C@@H](Cc3ccc(O)cc3)C(=O)N[C@@H](N)C(=O)N[C@@H](CC(N)=O)C(=O)NCB(O)O)cc2)cc1. The predicted octanol–water partition coefficient (Wildman–Crippen LogP) is -4.03. The van der Waals surface area contributed by atoms with E-state index in [9.17, 15) is 48.6 Å². The van der Waals surface area contributed by atoms with Gasteiger partial charge in [0.15, 0.2) is 12.3 Å². The van der Waals surface area contributed by atoms with Crippen molar-refractivity contribution in [2.75, 3.05) is 26.6 Å². The summed E-state index contributed by atoms with van der Waals surface area (Å²) in [6.07, 6.45) is -2.06. The number of likely N-dealkylation sites (N-methyl/N-ethyl adjacent to an activating group) is 1. The third-order valence-corrected chi connectivity index (χ3v) is 9.66. The minimum atomic E-state index is -1.95. The van der Waals surface area contributed by atoms with E-state index in [1.54, 1.807) is 24.3 Å². The molecule has 3 rings (SSSR count). The van der Waals surface area contributed by atoms with Crippen LogP contribution in [0.1, 0.15) is 47.7 Å². The maximum atomic E-state index is 13.6. The van der Waals surface area contributed by atoms with Gasteiger partial charge in [-0.2, -0.15) is 0 Å². The van der Waals surface area contributed by atoms with Gasteiger partial charge in [0.25, 0.3) is 17.7 Å². The summed E-state index contributed by atoms with van der Waals surface area (Å²) in [5.74, 6) is -7.94. The molecule has 0 unspecified atom stereocenters. The van der Waals surface area contributed by atoms with E-state index >= 15 is 0 Å². The molecular weight excluding hydrogens is 835 g/mol. The topological polar surface area (TPSA) is 371 Å². The van der Waals surface area contributed by atoms with Gasteiger partial charge in [0.2, 0.25) is 29.5 Å². The highest BCUT2D eigenvalue weighted by molar-refractivity contribution is 6.41. The number of primary amides is 1. The molecule has 0 aliphatic rings. The Morgan fingerprint density at radius 2 is 1.25 bits per heavy atom. The summed E-state index contributed by atoms with van der Waals surface area (Å²) >= 11 is 0. The van der Waals surface area contributed by atoms with Crippen molar-refractivity contribution in [3.05, 3.63) is 89.5 Å². The van der Waals surface area contributed by atoms with Gasteiger partial charge in [0.1, 0.15) is 23.9 Å². The molecule has 16 N–H and O–H groups in total. The molecule has 0 radical (unpaired) electrons. The van der Waals surface area contributed by atoms with Crippen molar-refractivity contribution in [3.8, 4) is 16.9 Å². The van der Waals surface area contributed by atoms with E-state index in [2.05, 4.69) is 51.0 Å². The number of rotatable bonds is 24. The Balaban J connectivity index is 1.60. The minimum absolute atomic E-state index is 0.0977. The fraction of sp³-hybridized carbons (Fsp3) is 0.366. The number of aryl methyl sites for hydroxylation is 1. The summed E-state index contributed by atoms with van der Waals surface area (Å²) in [5, 5.41) is 50.9. The van der Waals surface area contributed by atoms with Crippen molar-refractivity contribution >= 4 is 54.4 Å². The second-order valence-corrected chi connectivity index (χ2v) is 14.6. The molecule has 5 atom stereocenters. The fourth-order valence-corrected chi connectivity index (χ4v) is 5.95. The fourth-order valence-electron chi connectivity index (χ4n) is 5.95. The molecule has 0 fully saturated rings. The average Bonchev–Trinajstić information content (AvgIpc) is 3.27. The monoisotopic (exact) mass is 890 g/mol.